The molecule has 0 spiro atoms. The largest absolute Gasteiger partial charge is 0.318 e. The van der Waals surface area contributed by atoms with Crippen LogP contribution < -0.4 is 5.32 Å². The third-order valence-corrected chi connectivity index (χ3v) is 4.23. The first kappa shape index (κ1) is 18.5. The molecule has 0 aliphatic carbocycles. The van der Waals surface area contributed by atoms with Crippen molar-refractivity contribution in [2.75, 3.05) is 40.8 Å². The summed E-state index contributed by atoms with van der Waals surface area (Å²) in [5.41, 5.74) is 0. The molecule has 0 aliphatic rings. The maximum absolute atomic E-state index is 11.9. The van der Waals surface area contributed by atoms with Crippen LogP contribution in [-0.4, -0.2) is 57.8 Å². The molecule has 16 heavy (non-hydrogen) atoms. The lowest BCUT2D eigenvalue weighted by atomic mass is 10.3. The van der Waals surface area contributed by atoms with Crippen molar-refractivity contribution in [1.82, 2.24) is 13.9 Å². The maximum atomic E-state index is 11.9. The van der Waals surface area contributed by atoms with Crippen molar-refractivity contribution < 1.29 is 8.42 Å². The molecule has 1 N–H and O–H groups in total. The van der Waals surface area contributed by atoms with Crippen LogP contribution in [0.25, 0.3) is 0 Å². The minimum atomic E-state index is -3.26. The van der Waals surface area contributed by atoms with Gasteiger partial charge in [0, 0.05) is 33.7 Å². The topological polar surface area (TPSA) is 52.7 Å². The second kappa shape index (κ2) is 9.18. The molecule has 0 aromatic heterocycles. The summed E-state index contributed by atoms with van der Waals surface area (Å²) in [5, 5.41) is 2.93. The molecule has 0 rings (SSSR count). The normalized spacial score (nSPS) is 11.9. The third kappa shape index (κ3) is 6.00. The Hall–Kier alpha value is 0.120. The first-order chi connectivity index (χ1) is 6.96. The molecule has 0 bridgehead atoms. The van der Waals surface area contributed by atoms with Gasteiger partial charge in [0.05, 0.1) is 0 Å². The molecule has 0 aliphatic heterocycles. The molecule has 0 radical (unpaired) electrons. The first-order valence-corrected chi connectivity index (χ1v) is 6.68. The van der Waals surface area contributed by atoms with Crippen LogP contribution in [0.4, 0.5) is 0 Å². The summed E-state index contributed by atoms with van der Waals surface area (Å²) >= 11 is 0. The number of unbranched alkanes of at least 4 members (excludes halogenated alkanes) is 1. The molecule has 5 nitrogen and oxygen atoms in total. The highest BCUT2D eigenvalue weighted by Gasteiger charge is 2.22. The summed E-state index contributed by atoms with van der Waals surface area (Å²) in [6.07, 6.45) is 1.90. The number of hydrogen-bond donors (Lipinski definition) is 1. The minimum Gasteiger partial charge on any atom is -0.318 e. The van der Waals surface area contributed by atoms with E-state index in [0.717, 1.165) is 12.8 Å². The molecule has 0 heterocycles. The molecule has 0 fully saturated rings. The molecule has 0 saturated heterocycles. The van der Waals surface area contributed by atoms with Gasteiger partial charge in [-0.1, -0.05) is 13.3 Å². The van der Waals surface area contributed by atoms with Crippen LogP contribution in [0.1, 0.15) is 19.8 Å². The molecule has 0 atom stereocenters. The Labute approximate surface area is 106 Å². The van der Waals surface area contributed by atoms with E-state index in [2.05, 4.69) is 5.32 Å². The van der Waals surface area contributed by atoms with Crippen LogP contribution in [0.3, 0.4) is 0 Å². The second-order valence-corrected chi connectivity index (χ2v) is 5.75. The van der Waals surface area contributed by atoms with Crippen molar-refractivity contribution in [2.45, 2.75) is 19.8 Å². The standard InChI is InChI=1S/C9H23N3O2S.ClH/c1-5-6-8-11(3)15(13,14)12(4)9-7-10-2;/h10H,5-9H2,1-4H3;1H. The molecule has 0 aromatic carbocycles. The average Bonchev–Trinajstić information content (AvgIpc) is 2.21. The van der Waals surface area contributed by atoms with Crippen LogP contribution in [0.15, 0.2) is 0 Å². The van der Waals surface area contributed by atoms with E-state index in [4.69, 9.17) is 0 Å². The van der Waals surface area contributed by atoms with Crippen molar-refractivity contribution in [3.63, 3.8) is 0 Å². The van der Waals surface area contributed by atoms with Crippen molar-refractivity contribution in [3.8, 4) is 0 Å². The van der Waals surface area contributed by atoms with E-state index in [9.17, 15) is 8.42 Å². The molecular formula is C9H24ClN3O2S. The molecule has 0 saturated carbocycles. The summed E-state index contributed by atoms with van der Waals surface area (Å²) in [5.74, 6) is 0. The van der Waals surface area contributed by atoms with E-state index in [0.29, 0.717) is 19.6 Å². The van der Waals surface area contributed by atoms with E-state index < -0.39 is 10.2 Å². The van der Waals surface area contributed by atoms with Gasteiger partial charge in [-0.15, -0.1) is 12.4 Å². The number of halogens is 1. The molecule has 0 amide bonds. The fourth-order valence-electron chi connectivity index (χ4n) is 1.12. The minimum absolute atomic E-state index is 0. The van der Waals surface area contributed by atoms with Gasteiger partial charge in [-0.2, -0.15) is 17.0 Å². The Bertz CT molecular complexity index is 239. The quantitative estimate of drug-likeness (QED) is 0.702. The lowest BCUT2D eigenvalue weighted by molar-refractivity contribution is 0.387. The Morgan fingerprint density at radius 1 is 1.12 bits per heavy atom. The SMILES string of the molecule is CCCCN(C)S(=O)(=O)N(C)CCNC.Cl. The summed E-state index contributed by atoms with van der Waals surface area (Å²) in [7, 11) is 1.78. The number of hydrogen-bond acceptors (Lipinski definition) is 3. The summed E-state index contributed by atoms with van der Waals surface area (Å²) < 4.78 is 26.5. The zero-order valence-electron chi connectivity index (χ0n) is 10.6. The maximum Gasteiger partial charge on any atom is 0.281 e. The summed E-state index contributed by atoms with van der Waals surface area (Å²) in [6.45, 7) is 3.79. The third-order valence-electron chi connectivity index (χ3n) is 2.29. The van der Waals surface area contributed by atoms with Gasteiger partial charge >= 0.3 is 0 Å². The van der Waals surface area contributed by atoms with Gasteiger partial charge < -0.3 is 5.32 Å². The lowest BCUT2D eigenvalue weighted by Crippen LogP contribution is -2.42. The Kier molecular flexibility index (Phi) is 10.6. The van der Waals surface area contributed by atoms with Crippen molar-refractivity contribution in [1.29, 1.82) is 0 Å². The zero-order valence-corrected chi connectivity index (χ0v) is 12.2. The molecular weight excluding hydrogens is 250 g/mol. The number of rotatable bonds is 8. The van der Waals surface area contributed by atoms with E-state index in [1.807, 2.05) is 6.92 Å². The highest BCUT2D eigenvalue weighted by Crippen LogP contribution is 2.04. The van der Waals surface area contributed by atoms with Crippen LogP contribution in [-0.2, 0) is 10.2 Å². The summed E-state index contributed by atoms with van der Waals surface area (Å²) in [4.78, 5) is 0. The van der Waals surface area contributed by atoms with Crippen LogP contribution in [0, 0.1) is 0 Å². The van der Waals surface area contributed by atoms with Gasteiger partial charge in [-0.3, -0.25) is 0 Å². The zero-order chi connectivity index (χ0) is 11.9. The van der Waals surface area contributed by atoms with Gasteiger partial charge in [0.2, 0.25) is 0 Å². The highest BCUT2D eigenvalue weighted by molar-refractivity contribution is 7.86. The van der Waals surface area contributed by atoms with Gasteiger partial charge in [0.15, 0.2) is 0 Å². The predicted molar refractivity (Wildman–Crippen MR) is 70.3 cm³/mol. The second-order valence-electron chi connectivity index (χ2n) is 3.61. The highest BCUT2D eigenvalue weighted by atomic mass is 35.5. The lowest BCUT2D eigenvalue weighted by Gasteiger charge is -2.24. The van der Waals surface area contributed by atoms with Crippen LogP contribution >= 0.6 is 12.4 Å². The van der Waals surface area contributed by atoms with E-state index in [-0.39, 0.29) is 12.4 Å². The number of likely N-dealkylation sites (N-methyl/N-ethyl adjacent to an activating group) is 2. The fourth-order valence-corrected chi connectivity index (χ4v) is 2.28. The first-order valence-electron chi connectivity index (χ1n) is 5.29. The van der Waals surface area contributed by atoms with Crippen LogP contribution in [0.5, 0.6) is 0 Å². The average molecular weight is 274 g/mol. The number of nitrogens with one attached hydrogen (secondary N) is 1. The fraction of sp³-hybridized carbons (Fsp3) is 1.00. The Morgan fingerprint density at radius 3 is 2.06 bits per heavy atom. The monoisotopic (exact) mass is 273 g/mol. The van der Waals surface area contributed by atoms with E-state index in [1.165, 1.54) is 8.61 Å². The molecule has 100 valence electrons. The van der Waals surface area contributed by atoms with Crippen molar-refractivity contribution in [3.05, 3.63) is 0 Å². The Balaban J connectivity index is 0. The van der Waals surface area contributed by atoms with E-state index in [1.54, 1.807) is 21.1 Å². The van der Waals surface area contributed by atoms with Gasteiger partial charge in [-0.05, 0) is 13.5 Å². The molecule has 7 heteroatoms. The van der Waals surface area contributed by atoms with Gasteiger partial charge in [-0.25, -0.2) is 0 Å². The Morgan fingerprint density at radius 2 is 1.62 bits per heavy atom. The van der Waals surface area contributed by atoms with Crippen LogP contribution in [0.2, 0.25) is 0 Å². The molecule has 0 unspecified atom stereocenters. The number of nitrogens with zero attached hydrogens (tertiary/aromatic N) is 2. The van der Waals surface area contributed by atoms with Gasteiger partial charge in [0.25, 0.3) is 10.2 Å². The smallest absolute Gasteiger partial charge is 0.281 e. The van der Waals surface area contributed by atoms with Gasteiger partial charge in [0.1, 0.15) is 0 Å². The predicted octanol–water partition coefficient (Wildman–Crippen LogP) is 0.536. The van der Waals surface area contributed by atoms with Crippen molar-refractivity contribution >= 4 is 22.6 Å². The molecule has 0 aromatic rings. The van der Waals surface area contributed by atoms with E-state index >= 15 is 0 Å². The van der Waals surface area contributed by atoms with Crippen molar-refractivity contribution in [2.24, 2.45) is 0 Å². The summed E-state index contributed by atoms with van der Waals surface area (Å²) in [6, 6.07) is 0.